The Bertz CT molecular complexity index is 1560. The molecule has 5 rings (SSSR count). The number of hydrogen-bond donors (Lipinski definition) is 0. The zero-order chi connectivity index (χ0) is 28.6. The fraction of sp³-hybridized carbons (Fsp3) is 0.108. The highest BCUT2D eigenvalue weighted by Gasteiger charge is 2.29. The Morgan fingerprint density at radius 1 is 0.732 bits per heavy atom. The predicted octanol–water partition coefficient (Wildman–Crippen LogP) is 7.57. The molecule has 0 fully saturated rings. The first-order chi connectivity index (χ1) is 20.1. The van der Waals surface area contributed by atoms with Crippen molar-refractivity contribution in [2.75, 3.05) is 12.0 Å². The van der Waals surface area contributed by atoms with Gasteiger partial charge >= 0.3 is 0 Å². The third kappa shape index (κ3) is 6.48. The minimum atomic E-state index is -0.925. The minimum absolute atomic E-state index is 0.0659. The number of nitrogens with zero attached hydrogens (tertiary/aromatic N) is 1. The summed E-state index contributed by atoms with van der Waals surface area (Å²) in [6.07, 6.45) is 3.56. The number of para-hydroxylation sites is 1. The van der Waals surface area contributed by atoms with E-state index in [4.69, 9.17) is 4.74 Å². The van der Waals surface area contributed by atoms with Gasteiger partial charge in [0.1, 0.15) is 5.75 Å². The number of amides is 1. The molecule has 0 aliphatic carbocycles. The van der Waals surface area contributed by atoms with Crippen LogP contribution >= 0.6 is 7.92 Å². The maximum absolute atomic E-state index is 14.3. The van der Waals surface area contributed by atoms with E-state index in [0.717, 1.165) is 33.4 Å². The number of carbonyl (C=O) groups is 1. The van der Waals surface area contributed by atoms with Gasteiger partial charge in [-0.3, -0.25) is 4.79 Å². The van der Waals surface area contributed by atoms with E-state index in [0.29, 0.717) is 0 Å². The number of aryl methyl sites for hydroxylation is 1. The van der Waals surface area contributed by atoms with Gasteiger partial charge in [-0.2, -0.15) is 0 Å². The lowest BCUT2D eigenvalue weighted by Gasteiger charge is -2.34. The van der Waals surface area contributed by atoms with Crippen molar-refractivity contribution in [2.24, 2.45) is 0 Å². The molecule has 0 unspecified atom stereocenters. The second kappa shape index (κ2) is 13.3. The maximum atomic E-state index is 14.3. The normalized spacial score (nSPS) is 11.9. The van der Waals surface area contributed by atoms with Crippen molar-refractivity contribution in [3.05, 3.63) is 156 Å². The number of methoxy groups -OCH3 is 1. The highest BCUT2D eigenvalue weighted by atomic mass is 31.1. The van der Waals surface area contributed by atoms with Crippen molar-refractivity contribution < 1.29 is 9.53 Å². The maximum Gasteiger partial charge on any atom is 0.251 e. The van der Waals surface area contributed by atoms with E-state index in [2.05, 4.69) is 105 Å². The van der Waals surface area contributed by atoms with Crippen LogP contribution in [0.2, 0.25) is 0 Å². The number of ether oxygens (including phenoxy) is 1. The van der Waals surface area contributed by atoms with Crippen molar-refractivity contribution in [2.45, 2.75) is 19.9 Å². The second-order valence-electron chi connectivity index (χ2n) is 9.85. The molecule has 0 heterocycles. The van der Waals surface area contributed by atoms with Crippen LogP contribution in [0.3, 0.4) is 0 Å². The van der Waals surface area contributed by atoms with Crippen LogP contribution in [0.15, 0.2) is 140 Å². The summed E-state index contributed by atoms with van der Waals surface area (Å²) in [5, 5.41) is 3.65. The highest BCUT2D eigenvalue weighted by Crippen LogP contribution is 2.40. The van der Waals surface area contributed by atoms with Crippen molar-refractivity contribution >= 4 is 41.5 Å². The van der Waals surface area contributed by atoms with E-state index < -0.39 is 7.92 Å². The fourth-order valence-corrected chi connectivity index (χ4v) is 7.58. The first-order valence-electron chi connectivity index (χ1n) is 13.8. The van der Waals surface area contributed by atoms with Crippen LogP contribution in [-0.4, -0.2) is 13.0 Å². The van der Waals surface area contributed by atoms with Gasteiger partial charge in [0, 0.05) is 11.4 Å². The molecule has 5 aromatic rings. The summed E-state index contributed by atoms with van der Waals surface area (Å²) >= 11 is 0. The molecule has 0 saturated heterocycles. The van der Waals surface area contributed by atoms with Crippen LogP contribution in [0.25, 0.3) is 6.08 Å². The van der Waals surface area contributed by atoms with Gasteiger partial charge in [-0.1, -0.05) is 121 Å². The summed E-state index contributed by atoms with van der Waals surface area (Å²) in [6, 6.07) is 45.4. The van der Waals surface area contributed by atoms with Gasteiger partial charge in [-0.05, 0) is 67.3 Å². The summed E-state index contributed by atoms with van der Waals surface area (Å²) in [7, 11) is 0.725. The summed E-state index contributed by atoms with van der Waals surface area (Å²) in [4.78, 5) is 16.3. The van der Waals surface area contributed by atoms with Crippen LogP contribution in [0, 0.1) is 6.92 Å². The van der Waals surface area contributed by atoms with Gasteiger partial charge in [0.15, 0.2) is 0 Å². The summed E-state index contributed by atoms with van der Waals surface area (Å²) < 4.78 is 5.30. The van der Waals surface area contributed by atoms with E-state index in [1.165, 1.54) is 10.6 Å². The molecule has 0 aliphatic rings. The highest BCUT2D eigenvalue weighted by molar-refractivity contribution is 7.80. The van der Waals surface area contributed by atoms with Crippen LogP contribution < -0.4 is 25.6 Å². The fourth-order valence-electron chi connectivity index (χ4n) is 5.06. The minimum Gasteiger partial charge on any atom is -0.497 e. The van der Waals surface area contributed by atoms with Crippen LogP contribution in [0.4, 0.5) is 5.69 Å². The van der Waals surface area contributed by atoms with Gasteiger partial charge in [0.05, 0.1) is 18.8 Å². The van der Waals surface area contributed by atoms with E-state index in [-0.39, 0.29) is 11.9 Å². The molecule has 1 atom stereocenters. The monoisotopic (exact) mass is 555 g/mol. The molecule has 0 bridgehead atoms. The number of benzene rings is 5. The molecule has 0 saturated carbocycles. The van der Waals surface area contributed by atoms with E-state index in [1.807, 2.05) is 53.4 Å². The second-order valence-corrected chi connectivity index (χ2v) is 12.0. The lowest BCUT2D eigenvalue weighted by molar-refractivity contribution is -0.114. The first kappa shape index (κ1) is 28.1. The topological polar surface area (TPSA) is 29.5 Å². The quantitative estimate of drug-likeness (QED) is 0.139. The van der Waals surface area contributed by atoms with Crippen molar-refractivity contribution in [1.82, 2.24) is 0 Å². The smallest absolute Gasteiger partial charge is 0.251 e. The molecular formula is C37H34NO2P. The lowest BCUT2D eigenvalue weighted by Crippen LogP contribution is -2.37. The predicted molar refractivity (Wildman–Crippen MR) is 174 cm³/mol. The van der Waals surface area contributed by atoms with Crippen LogP contribution in [0.1, 0.15) is 29.7 Å². The number of hydrogen-bond acceptors (Lipinski definition) is 2. The van der Waals surface area contributed by atoms with Gasteiger partial charge in [0.2, 0.25) is 0 Å². The third-order valence-electron chi connectivity index (χ3n) is 7.17. The van der Waals surface area contributed by atoms with Crippen LogP contribution in [-0.2, 0) is 4.79 Å². The number of carbonyl (C=O) groups excluding carboxylic acids is 1. The molecule has 1 amide bonds. The van der Waals surface area contributed by atoms with Gasteiger partial charge in [-0.25, -0.2) is 0 Å². The Balaban J connectivity index is 1.66. The molecule has 0 spiro atoms. The van der Waals surface area contributed by atoms with E-state index in [1.54, 1.807) is 13.2 Å². The average molecular weight is 556 g/mol. The molecule has 0 aliphatic heterocycles. The SMILES string of the molecule is COc1ccc(/C=C/C(=O)N(c2c(C)cccc2P(c2ccccc2)c2ccccc2)[C@@H](C)c2ccccc2)cc1. The Kier molecular flexibility index (Phi) is 9.08. The molecule has 0 aromatic heterocycles. The molecule has 41 heavy (non-hydrogen) atoms. The first-order valence-corrected chi connectivity index (χ1v) is 15.1. The Morgan fingerprint density at radius 3 is 1.85 bits per heavy atom. The van der Waals surface area contributed by atoms with Crippen molar-refractivity contribution in [3.8, 4) is 5.75 Å². The average Bonchev–Trinajstić information content (AvgIpc) is 3.03. The number of rotatable bonds is 9. The Hall–Kier alpha value is -4.46. The zero-order valence-corrected chi connectivity index (χ0v) is 24.5. The molecule has 0 N–H and O–H groups in total. The standard InChI is InChI=1S/C37H34NO2P/c1-28-14-13-21-35(41(33-17-9-5-10-18-33)34-19-11-6-12-20-34)37(28)38(29(2)31-15-7-4-8-16-31)36(39)27-24-30-22-25-32(40-3)26-23-30/h4-27,29H,1-3H3/b27-24+/t29-/m0/s1. The largest absolute Gasteiger partial charge is 0.497 e. The summed E-state index contributed by atoms with van der Waals surface area (Å²) in [5.74, 6) is 0.719. The Labute approximate surface area is 244 Å². The number of anilines is 1. The van der Waals surface area contributed by atoms with Gasteiger partial charge < -0.3 is 9.64 Å². The van der Waals surface area contributed by atoms with Crippen molar-refractivity contribution in [3.63, 3.8) is 0 Å². The molecule has 0 radical (unpaired) electrons. The lowest BCUT2D eigenvalue weighted by atomic mass is 10.0. The zero-order valence-electron chi connectivity index (χ0n) is 23.6. The summed E-state index contributed by atoms with van der Waals surface area (Å²) in [6.45, 7) is 4.21. The van der Waals surface area contributed by atoms with Gasteiger partial charge in [0.25, 0.3) is 5.91 Å². The summed E-state index contributed by atoms with van der Waals surface area (Å²) in [5.41, 5.74) is 4.05. The molecule has 5 aromatic carbocycles. The molecule has 3 nitrogen and oxygen atoms in total. The molecular weight excluding hydrogens is 521 g/mol. The van der Waals surface area contributed by atoms with Gasteiger partial charge in [-0.15, -0.1) is 0 Å². The van der Waals surface area contributed by atoms with E-state index >= 15 is 0 Å². The van der Waals surface area contributed by atoms with Crippen molar-refractivity contribution in [1.29, 1.82) is 0 Å². The van der Waals surface area contributed by atoms with Crippen LogP contribution in [0.5, 0.6) is 5.75 Å². The molecule has 204 valence electrons. The molecule has 4 heteroatoms. The third-order valence-corrected chi connectivity index (χ3v) is 9.64. The van der Waals surface area contributed by atoms with E-state index in [9.17, 15) is 4.79 Å². The Morgan fingerprint density at radius 2 is 1.29 bits per heavy atom.